The minimum Gasteiger partial charge on any atom is -0.353 e. The van der Waals surface area contributed by atoms with Crippen LogP contribution in [-0.2, 0) is 16.1 Å². The van der Waals surface area contributed by atoms with Crippen molar-refractivity contribution in [2.24, 2.45) is 0 Å². The van der Waals surface area contributed by atoms with E-state index in [1.807, 2.05) is 0 Å². The Kier molecular flexibility index (Phi) is 4.98. The quantitative estimate of drug-likeness (QED) is 0.762. The molecule has 0 N–H and O–H groups in total. The van der Waals surface area contributed by atoms with Crippen LogP contribution in [0.4, 0.5) is 13.2 Å². The number of hydrogen-bond donors (Lipinski definition) is 0. The fourth-order valence-corrected chi connectivity index (χ4v) is 2.87. The van der Waals surface area contributed by atoms with E-state index in [-0.39, 0.29) is 23.1 Å². The van der Waals surface area contributed by atoms with Crippen LogP contribution in [0.2, 0.25) is 5.15 Å². The number of pyridine rings is 1. The first-order valence-electron chi connectivity index (χ1n) is 7.68. The van der Waals surface area contributed by atoms with Crippen LogP contribution in [-0.4, -0.2) is 33.6 Å². The average molecular weight is 364 g/mol. The van der Waals surface area contributed by atoms with Gasteiger partial charge in [0, 0.05) is 12.7 Å². The molecule has 0 radical (unpaired) electrons. The molecule has 2 atom stereocenters. The highest BCUT2D eigenvalue weighted by Crippen LogP contribution is 2.34. The Morgan fingerprint density at radius 1 is 1.46 bits per heavy atom. The van der Waals surface area contributed by atoms with Gasteiger partial charge in [-0.3, -0.25) is 0 Å². The maximum atomic E-state index is 13.3. The molecule has 1 aliphatic heterocycles. The number of halogens is 4. The lowest BCUT2D eigenvalue weighted by Crippen LogP contribution is -2.27. The third kappa shape index (κ3) is 3.65. The van der Waals surface area contributed by atoms with Crippen molar-refractivity contribution in [2.75, 3.05) is 6.61 Å². The predicted molar refractivity (Wildman–Crippen MR) is 81.7 cm³/mol. The molecule has 5 nitrogen and oxygen atoms in total. The van der Waals surface area contributed by atoms with Crippen molar-refractivity contribution < 1.29 is 22.6 Å². The van der Waals surface area contributed by atoms with E-state index in [0.717, 1.165) is 30.8 Å². The smallest absolute Gasteiger partial charge is 0.353 e. The number of ether oxygens (including phenoxy) is 2. The SMILES string of the molecule is CC(n1c(COC2CCCCO2)nc2cnc(Cl)cc21)C(F)(F)F. The number of hydrogen-bond acceptors (Lipinski definition) is 4. The summed E-state index contributed by atoms with van der Waals surface area (Å²) in [6.45, 7) is 1.60. The summed E-state index contributed by atoms with van der Waals surface area (Å²) >= 11 is 5.83. The summed E-state index contributed by atoms with van der Waals surface area (Å²) in [5.41, 5.74) is 0.627. The highest BCUT2D eigenvalue weighted by Gasteiger charge is 2.39. The Morgan fingerprint density at radius 3 is 2.92 bits per heavy atom. The number of imidazole rings is 1. The number of fused-ring (bicyclic) bond motifs is 1. The zero-order valence-electron chi connectivity index (χ0n) is 13.0. The van der Waals surface area contributed by atoms with E-state index < -0.39 is 18.5 Å². The van der Waals surface area contributed by atoms with Gasteiger partial charge in [-0.25, -0.2) is 9.97 Å². The van der Waals surface area contributed by atoms with Crippen LogP contribution in [0.1, 0.15) is 38.1 Å². The maximum absolute atomic E-state index is 13.3. The van der Waals surface area contributed by atoms with Crippen molar-refractivity contribution in [3.8, 4) is 0 Å². The van der Waals surface area contributed by atoms with Gasteiger partial charge in [0.05, 0.1) is 11.7 Å². The molecule has 2 unspecified atom stereocenters. The highest BCUT2D eigenvalue weighted by molar-refractivity contribution is 6.29. The zero-order valence-corrected chi connectivity index (χ0v) is 13.8. The summed E-state index contributed by atoms with van der Waals surface area (Å²) in [5.74, 6) is 0.174. The standard InChI is InChI=1S/C15H17ClF3N3O2/c1-9(15(17,18)19)22-11-6-12(16)20-7-10(11)21-13(22)8-24-14-4-2-3-5-23-14/h6-7,9,14H,2-5,8H2,1H3. The van der Waals surface area contributed by atoms with Crippen molar-refractivity contribution in [1.82, 2.24) is 14.5 Å². The Bertz CT molecular complexity index is 714. The van der Waals surface area contributed by atoms with E-state index in [1.54, 1.807) is 0 Å². The summed E-state index contributed by atoms with van der Waals surface area (Å²) in [6.07, 6.45) is -0.803. The molecule has 0 saturated carbocycles. The Balaban J connectivity index is 1.93. The van der Waals surface area contributed by atoms with Gasteiger partial charge in [-0.1, -0.05) is 11.6 Å². The molecule has 2 aromatic heterocycles. The van der Waals surface area contributed by atoms with Crippen LogP contribution in [0, 0.1) is 0 Å². The minimum atomic E-state index is -4.42. The number of rotatable bonds is 4. The lowest BCUT2D eigenvalue weighted by atomic mass is 10.2. The molecule has 1 fully saturated rings. The minimum absolute atomic E-state index is 0.0720. The third-order valence-electron chi connectivity index (χ3n) is 4.01. The number of nitrogens with zero attached hydrogens (tertiary/aromatic N) is 3. The summed E-state index contributed by atoms with van der Waals surface area (Å²) < 4.78 is 51.9. The molecule has 3 heterocycles. The molecule has 9 heteroatoms. The van der Waals surface area contributed by atoms with Gasteiger partial charge >= 0.3 is 6.18 Å². The normalized spacial score (nSPS) is 20.5. The summed E-state index contributed by atoms with van der Waals surface area (Å²) in [7, 11) is 0. The van der Waals surface area contributed by atoms with Gasteiger partial charge in [0.25, 0.3) is 0 Å². The Labute approximate surface area is 141 Å². The molecule has 3 rings (SSSR count). The van der Waals surface area contributed by atoms with Gasteiger partial charge < -0.3 is 14.0 Å². The van der Waals surface area contributed by atoms with Gasteiger partial charge in [-0.15, -0.1) is 0 Å². The van der Waals surface area contributed by atoms with Crippen LogP contribution in [0.25, 0.3) is 11.0 Å². The van der Waals surface area contributed by atoms with E-state index in [9.17, 15) is 13.2 Å². The largest absolute Gasteiger partial charge is 0.408 e. The van der Waals surface area contributed by atoms with Crippen molar-refractivity contribution >= 4 is 22.6 Å². The number of alkyl halides is 3. The first-order valence-corrected chi connectivity index (χ1v) is 8.06. The van der Waals surface area contributed by atoms with Crippen LogP contribution < -0.4 is 0 Å². The zero-order chi connectivity index (χ0) is 17.3. The third-order valence-corrected chi connectivity index (χ3v) is 4.22. The molecular formula is C15H17ClF3N3O2. The van der Waals surface area contributed by atoms with Gasteiger partial charge in [0.1, 0.15) is 29.1 Å². The molecule has 0 aromatic carbocycles. The van der Waals surface area contributed by atoms with E-state index >= 15 is 0 Å². The summed E-state index contributed by atoms with van der Waals surface area (Å²) in [4.78, 5) is 8.11. The first kappa shape index (κ1) is 17.4. The Morgan fingerprint density at radius 2 is 2.25 bits per heavy atom. The summed E-state index contributed by atoms with van der Waals surface area (Å²) in [5, 5.41) is 0.112. The average Bonchev–Trinajstić information content (AvgIpc) is 2.89. The van der Waals surface area contributed by atoms with Crippen molar-refractivity contribution in [2.45, 2.75) is 51.3 Å². The molecule has 0 aliphatic carbocycles. The van der Waals surface area contributed by atoms with Crippen molar-refractivity contribution in [3.63, 3.8) is 0 Å². The highest BCUT2D eigenvalue weighted by atomic mass is 35.5. The van der Waals surface area contributed by atoms with Gasteiger partial charge in [-0.2, -0.15) is 13.2 Å². The maximum Gasteiger partial charge on any atom is 0.408 e. The second kappa shape index (κ2) is 6.85. The second-order valence-corrected chi connectivity index (χ2v) is 6.11. The van der Waals surface area contributed by atoms with Crippen LogP contribution in [0.3, 0.4) is 0 Å². The van der Waals surface area contributed by atoms with Crippen LogP contribution in [0.5, 0.6) is 0 Å². The van der Waals surface area contributed by atoms with E-state index in [4.69, 9.17) is 21.1 Å². The van der Waals surface area contributed by atoms with E-state index in [2.05, 4.69) is 9.97 Å². The van der Waals surface area contributed by atoms with E-state index in [1.165, 1.54) is 12.3 Å². The molecule has 2 aromatic rings. The monoisotopic (exact) mass is 363 g/mol. The lowest BCUT2D eigenvalue weighted by Gasteiger charge is -2.24. The molecule has 1 aliphatic rings. The molecule has 1 saturated heterocycles. The van der Waals surface area contributed by atoms with Gasteiger partial charge in [-0.05, 0) is 26.2 Å². The molecule has 0 amide bonds. The lowest BCUT2D eigenvalue weighted by molar-refractivity contribution is -0.175. The van der Waals surface area contributed by atoms with Gasteiger partial charge in [0.15, 0.2) is 6.29 Å². The number of aromatic nitrogens is 3. The predicted octanol–water partition coefficient (Wildman–Crippen LogP) is 4.25. The fourth-order valence-electron chi connectivity index (χ4n) is 2.71. The molecule has 132 valence electrons. The van der Waals surface area contributed by atoms with Crippen molar-refractivity contribution in [1.29, 1.82) is 0 Å². The van der Waals surface area contributed by atoms with Crippen LogP contribution in [0.15, 0.2) is 12.3 Å². The molecular weight excluding hydrogens is 347 g/mol. The molecule has 0 spiro atoms. The fraction of sp³-hybridized carbons (Fsp3) is 0.600. The summed E-state index contributed by atoms with van der Waals surface area (Å²) in [6, 6.07) is -0.376. The Hall–Kier alpha value is -1.38. The molecule has 24 heavy (non-hydrogen) atoms. The van der Waals surface area contributed by atoms with Crippen molar-refractivity contribution in [3.05, 3.63) is 23.2 Å². The van der Waals surface area contributed by atoms with E-state index in [0.29, 0.717) is 12.1 Å². The topological polar surface area (TPSA) is 49.2 Å². The van der Waals surface area contributed by atoms with Gasteiger partial charge in [0.2, 0.25) is 0 Å². The second-order valence-electron chi connectivity index (χ2n) is 5.72. The first-order chi connectivity index (χ1) is 11.4. The molecule has 0 bridgehead atoms. The van der Waals surface area contributed by atoms with Crippen LogP contribution >= 0.6 is 11.6 Å².